The Labute approximate surface area is 180 Å². The van der Waals surface area contributed by atoms with Crippen LogP contribution in [-0.2, 0) is 16.1 Å². The molecule has 1 N–H and O–H groups in total. The molecule has 0 radical (unpaired) electrons. The van der Waals surface area contributed by atoms with Gasteiger partial charge in [-0.2, -0.15) is 0 Å². The van der Waals surface area contributed by atoms with Crippen LogP contribution in [-0.4, -0.2) is 34.4 Å². The number of nitrogens with one attached hydrogen (secondary N) is 1. The molecule has 2 atom stereocenters. The van der Waals surface area contributed by atoms with Gasteiger partial charge in [-0.25, -0.2) is 4.98 Å². The Balaban J connectivity index is 1.81. The van der Waals surface area contributed by atoms with Gasteiger partial charge in [-0.1, -0.05) is 54.2 Å². The first-order valence-electron chi connectivity index (χ1n) is 10.0. The summed E-state index contributed by atoms with van der Waals surface area (Å²) in [5, 5.41) is 3.76. The fourth-order valence-corrected chi connectivity index (χ4v) is 4.11. The monoisotopic (exact) mass is 425 g/mol. The molecule has 0 spiro atoms. The molecule has 1 amide bonds. The van der Waals surface area contributed by atoms with E-state index in [0.717, 1.165) is 5.56 Å². The first-order chi connectivity index (χ1) is 14.5. The lowest BCUT2D eigenvalue weighted by Crippen LogP contribution is -2.34. The molecule has 158 valence electrons. The minimum Gasteiger partial charge on any atom is -0.385 e. The van der Waals surface area contributed by atoms with E-state index in [0.29, 0.717) is 35.6 Å². The van der Waals surface area contributed by atoms with Gasteiger partial charge in [0.1, 0.15) is 0 Å². The topological polar surface area (TPSA) is 73.2 Å². The Morgan fingerprint density at radius 1 is 1.13 bits per heavy atom. The molecule has 0 saturated carbocycles. The molecule has 0 aliphatic carbocycles. The number of nitrogens with zero attached hydrogens (tertiary/aromatic N) is 2. The van der Waals surface area contributed by atoms with Crippen molar-refractivity contribution < 1.29 is 9.53 Å². The molecule has 3 rings (SSSR count). The summed E-state index contributed by atoms with van der Waals surface area (Å²) in [6.45, 7) is 4.83. The van der Waals surface area contributed by atoms with Gasteiger partial charge in [0, 0.05) is 20.3 Å². The van der Waals surface area contributed by atoms with Crippen LogP contribution in [0.1, 0.15) is 31.9 Å². The molecule has 1 aromatic heterocycles. The predicted octanol–water partition coefficient (Wildman–Crippen LogP) is 3.79. The molecular formula is C23H27N3O3S. The third kappa shape index (κ3) is 5.29. The van der Waals surface area contributed by atoms with Crippen LogP contribution in [0.5, 0.6) is 0 Å². The molecule has 0 saturated heterocycles. The average molecular weight is 426 g/mol. The summed E-state index contributed by atoms with van der Waals surface area (Å²) >= 11 is 1.30. The standard InChI is InChI=1S/C23H27N3O3S/c1-16(18-10-5-4-6-11-18)24-21(27)17(2)30-23-25-20-13-8-7-12-19(20)22(28)26(23)14-9-15-29-3/h4-8,10-13,16-17H,9,14-15H2,1-3H3,(H,24,27). The molecule has 1 heterocycles. The molecule has 2 unspecified atom stereocenters. The fourth-order valence-electron chi connectivity index (χ4n) is 3.17. The molecule has 3 aromatic rings. The highest BCUT2D eigenvalue weighted by molar-refractivity contribution is 8.00. The predicted molar refractivity (Wildman–Crippen MR) is 121 cm³/mol. The zero-order chi connectivity index (χ0) is 21.5. The molecule has 30 heavy (non-hydrogen) atoms. The lowest BCUT2D eigenvalue weighted by atomic mass is 10.1. The van der Waals surface area contributed by atoms with Gasteiger partial charge in [0.25, 0.3) is 5.56 Å². The number of carbonyl (C=O) groups is 1. The Bertz CT molecular complexity index is 1050. The largest absolute Gasteiger partial charge is 0.385 e. The van der Waals surface area contributed by atoms with Crippen molar-refractivity contribution in [3.63, 3.8) is 0 Å². The number of ether oxygens (including phenoxy) is 1. The minimum atomic E-state index is -0.405. The summed E-state index contributed by atoms with van der Waals surface area (Å²) in [4.78, 5) is 30.5. The maximum atomic E-state index is 13.0. The van der Waals surface area contributed by atoms with Crippen LogP contribution in [0.25, 0.3) is 10.9 Å². The highest BCUT2D eigenvalue weighted by Crippen LogP contribution is 2.24. The van der Waals surface area contributed by atoms with E-state index in [1.165, 1.54) is 11.8 Å². The number of benzene rings is 2. The lowest BCUT2D eigenvalue weighted by Gasteiger charge is -2.19. The van der Waals surface area contributed by atoms with E-state index in [1.54, 1.807) is 17.7 Å². The number of thioether (sulfide) groups is 1. The Morgan fingerprint density at radius 2 is 1.83 bits per heavy atom. The van der Waals surface area contributed by atoms with Crippen molar-refractivity contribution in [1.29, 1.82) is 0 Å². The number of aromatic nitrogens is 2. The minimum absolute atomic E-state index is 0.0931. The summed E-state index contributed by atoms with van der Waals surface area (Å²) in [5.41, 5.74) is 1.59. The van der Waals surface area contributed by atoms with Crippen LogP contribution in [0.15, 0.2) is 64.5 Å². The molecule has 2 aromatic carbocycles. The SMILES string of the molecule is COCCCn1c(SC(C)C(=O)NC(C)c2ccccc2)nc2ccccc2c1=O. The Morgan fingerprint density at radius 3 is 2.57 bits per heavy atom. The van der Waals surface area contributed by atoms with Crippen molar-refractivity contribution >= 4 is 28.6 Å². The average Bonchev–Trinajstić information content (AvgIpc) is 2.76. The number of carbonyl (C=O) groups excluding carboxylic acids is 1. The maximum absolute atomic E-state index is 13.0. The number of fused-ring (bicyclic) bond motifs is 1. The molecule has 0 bridgehead atoms. The second kappa shape index (κ2) is 10.4. The molecule has 6 nitrogen and oxygen atoms in total. The van der Waals surface area contributed by atoms with Gasteiger partial charge in [-0.15, -0.1) is 0 Å². The van der Waals surface area contributed by atoms with Crippen molar-refractivity contribution in [2.45, 2.75) is 43.3 Å². The van der Waals surface area contributed by atoms with Crippen LogP contribution in [0.2, 0.25) is 0 Å². The first kappa shape index (κ1) is 22.1. The summed E-state index contributed by atoms with van der Waals surface area (Å²) in [7, 11) is 1.64. The summed E-state index contributed by atoms with van der Waals surface area (Å²) in [6.07, 6.45) is 0.690. The Kier molecular flexibility index (Phi) is 7.65. The van der Waals surface area contributed by atoms with E-state index < -0.39 is 5.25 Å². The van der Waals surface area contributed by atoms with E-state index in [4.69, 9.17) is 4.74 Å². The van der Waals surface area contributed by atoms with E-state index in [9.17, 15) is 9.59 Å². The fraction of sp³-hybridized carbons (Fsp3) is 0.348. The van der Waals surface area contributed by atoms with Crippen LogP contribution in [0.3, 0.4) is 0 Å². The lowest BCUT2D eigenvalue weighted by molar-refractivity contribution is -0.120. The van der Waals surface area contributed by atoms with Crippen LogP contribution < -0.4 is 10.9 Å². The van der Waals surface area contributed by atoms with E-state index in [2.05, 4.69) is 10.3 Å². The zero-order valence-corrected chi connectivity index (χ0v) is 18.3. The van der Waals surface area contributed by atoms with Gasteiger partial charge in [0.2, 0.25) is 5.91 Å². The highest BCUT2D eigenvalue weighted by atomic mass is 32.2. The first-order valence-corrected chi connectivity index (χ1v) is 10.9. The van der Waals surface area contributed by atoms with Crippen molar-refractivity contribution in [2.24, 2.45) is 0 Å². The van der Waals surface area contributed by atoms with E-state index in [-0.39, 0.29) is 17.5 Å². The van der Waals surface area contributed by atoms with Gasteiger partial charge in [-0.3, -0.25) is 14.2 Å². The number of hydrogen-bond acceptors (Lipinski definition) is 5. The van der Waals surface area contributed by atoms with Crippen LogP contribution >= 0.6 is 11.8 Å². The van der Waals surface area contributed by atoms with E-state index in [1.807, 2.05) is 62.4 Å². The molecular weight excluding hydrogens is 398 g/mol. The third-order valence-electron chi connectivity index (χ3n) is 4.87. The number of amides is 1. The summed E-state index contributed by atoms with van der Waals surface area (Å²) < 4.78 is 6.78. The maximum Gasteiger partial charge on any atom is 0.262 e. The van der Waals surface area contributed by atoms with Crippen molar-refractivity contribution in [1.82, 2.24) is 14.9 Å². The molecule has 0 aliphatic rings. The van der Waals surface area contributed by atoms with Crippen molar-refractivity contribution in [3.8, 4) is 0 Å². The zero-order valence-electron chi connectivity index (χ0n) is 17.5. The third-order valence-corrected chi connectivity index (χ3v) is 5.96. The van der Waals surface area contributed by atoms with Gasteiger partial charge in [0.05, 0.1) is 22.2 Å². The molecule has 0 aliphatic heterocycles. The molecule has 0 fully saturated rings. The van der Waals surface area contributed by atoms with E-state index >= 15 is 0 Å². The number of rotatable bonds is 9. The quantitative estimate of drug-likeness (QED) is 0.321. The number of para-hydroxylation sites is 1. The van der Waals surface area contributed by atoms with Gasteiger partial charge < -0.3 is 10.1 Å². The number of methoxy groups -OCH3 is 1. The normalized spacial score (nSPS) is 13.2. The highest BCUT2D eigenvalue weighted by Gasteiger charge is 2.21. The van der Waals surface area contributed by atoms with Crippen molar-refractivity contribution in [3.05, 3.63) is 70.5 Å². The Hall–Kier alpha value is -2.64. The van der Waals surface area contributed by atoms with Crippen molar-refractivity contribution in [2.75, 3.05) is 13.7 Å². The molecule has 7 heteroatoms. The summed E-state index contributed by atoms with van der Waals surface area (Å²) in [5.74, 6) is -0.0952. The second-order valence-electron chi connectivity index (χ2n) is 7.12. The summed E-state index contributed by atoms with van der Waals surface area (Å²) in [6, 6.07) is 17.0. The smallest absolute Gasteiger partial charge is 0.262 e. The van der Waals surface area contributed by atoms with Gasteiger partial charge >= 0.3 is 0 Å². The van der Waals surface area contributed by atoms with Gasteiger partial charge in [-0.05, 0) is 38.0 Å². The second-order valence-corrected chi connectivity index (χ2v) is 8.42. The van der Waals surface area contributed by atoms with Crippen LogP contribution in [0.4, 0.5) is 0 Å². The number of hydrogen-bond donors (Lipinski definition) is 1. The van der Waals surface area contributed by atoms with Crippen LogP contribution in [0, 0.1) is 0 Å². The van der Waals surface area contributed by atoms with Gasteiger partial charge in [0.15, 0.2) is 5.16 Å².